The molecule has 5 heteroatoms. The Bertz CT molecular complexity index is 420. The number of aryl methyl sites for hydroxylation is 1. The third-order valence-corrected chi connectivity index (χ3v) is 2.84. The van der Waals surface area contributed by atoms with Gasteiger partial charge in [-0.2, -0.15) is 0 Å². The molecule has 0 spiro atoms. The summed E-state index contributed by atoms with van der Waals surface area (Å²) >= 11 is 5.89. The van der Waals surface area contributed by atoms with Crippen molar-refractivity contribution in [3.8, 4) is 5.75 Å². The zero-order chi connectivity index (χ0) is 13.0. The molecule has 1 atom stereocenters. The van der Waals surface area contributed by atoms with Crippen molar-refractivity contribution < 1.29 is 14.6 Å². The van der Waals surface area contributed by atoms with Gasteiger partial charge in [-0.15, -0.1) is 0 Å². The smallest absolute Gasteiger partial charge is 0.322 e. The van der Waals surface area contributed by atoms with Crippen LogP contribution in [0.2, 0.25) is 5.02 Å². The summed E-state index contributed by atoms with van der Waals surface area (Å²) in [6.45, 7) is 1.98. The second-order valence-electron chi connectivity index (χ2n) is 3.77. The minimum atomic E-state index is -0.797. The maximum absolute atomic E-state index is 11.2. The van der Waals surface area contributed by atoms with Gasteiger partial charge >= 0.3 is 5.97 Å². The van der Waals surface area contributed by atoms with E-state index in [0.717, 1.165) is 12.0 Å². The average molecular weight is 258 g/mol. The minimum absolute atomic E-state index is 0.0248. The Hall–Kier alpha value is -1.26. The van der Waals surface area contributed by atoms with Crippen molar-refractivity contribution in [1.82, 2.24) is 0 Å². The van der Waals surface area contributed by atoms with Crippen LogP contribution in [0.4, 0.5) is 0 Å². The summed E-state index contributed by atoms with van der Waals surface area (Å²) in [5.41, 5.74) is 7.19. The van der Waals surface area contributed by atoms with Gasteiger partial charge in [0, 0.05) is 6.42 Å². The first kappa shape index (κ1) is 13.8. The molecule has 0 saturated carbocycles. The summed E-state index contributed by atoms with van der Waals surface area (Å²) in [6, 6.07) is 2.70. The largest absolute Gasteiger partial charge is 0.506 e. The highest BCUT2D eigenvalue weighted by molar-refractivity contribution is 6.32. The molecule has 0 bridgehead atoms. The number of halogens is 1. The van der Waals surface area contributed by atoms with Gasteiger partial charge in [0.15, 0.2) is 0 Å². The van der Waals surface area contributed by atoms with Crippen molar-refractivity contribution in [1.29, 1.82) is 0 Å². The third kappa shape index (κ3) is 3.35. The SMILES string of the molecule is CCc1cc(Cl)c(O)c(CC(N)C(=O)OC)c1. The number of nitrogens with two attached hydrogens (primary N) is 1. The third-order valence-electron chi connectivity index (χ3n) is 2.55. The number of hydrogen-bond acceptors (Lipinski definition) is 4. The Morgan fingerprint density at radius 3 is 2.76 bits per heavy atom. The first-order valence-electron chi connectivity index (χ1n) is 5.33. The van der Waals surface area contributed by atoms with E-state index in [-0.39, 0.29) is 17.2 Å². The normalized spacial score (nSPS) is 12.2. The molecule has 1 unspecified atom stereocenters. The van der Waals surface area contributed by atoms with Crippen LogP contribution in [0.15, 0.2) is 12.1 Å². The number of carbonyl (C=O) groups is 1. The number of methoxy groups -OCH3 is 1. The summed E-state index contributed by atoms with van der Waals surface area (Å²) in [4.78, 5) is 11.2. The number of rotatable bonds is 4. The van der Waals surface area contributed by atoms with E-state index in [9.17, 15) is 9.90 Å². The van der Waals surface area contributed by atoms with Crippen LogP contribution in [-0.2, 0) is 22.4 Å². The average Bonchev–Trinajstić information content (AvgIpc) is 2.33. The number of benzene rings is 1. The van der Waals surface area contributed by atoms with Gasteiger partial charge in [0.2, 0.25) is 0 Å². The quantitative estimate of drug-likeness (QED) is 0.805. The second-order valence-corrected chi connectivity index (χ2v) is 4.18. The molecule has 94 valence electrons. The Morgan fingerprint density at radius 1 is 1.59 bits per heavy atom. The Balaban J connectivity index is 2.97. The molecule has 1 aromatic carbocycles. The Morgan fingerprint density at radius 2 is 2.24 bits per heavy atom. The molecule has 1 rings (SSSR count). The fourth-order valence-electron chi connectivity index (χ4n) is 1.55. The number of esters is 1. The number of phenols is 1. The van der Waals surface area contributed by atoms with Gasteiger partial charge in [-0.1, -0.05) is 24.6 Å². The van der Waals surface area contributed by atoms with Crippen LogP contribution in [0.3, 0.4) is 0 Å². The van der Waals surface area contributed by atoms with Crippen LogP contribution in [0.5, 0.6) is 5.75 Å². The molecule has 17 heavy (non-hydrogen) atoms. The molecule has 0 aliphatic rings. The summed E-state index contributed by atoms with van der Waals surface area (Å²) in [6.07, 6.45) is 0.993. The summed E-state index contributed by atoms with van der Waals surface area (Å²) in [5.74, 6) is -0.536. The predicted molar refractivity (Wildman–Crippen MR) is 66.2 cm³/mol. The monoisotopic (exact) mass is 257 g/mol. The molecule has 0 fully saturated rings. The molecule has 4 nitrogen and oxygen atoms in total. The van der Waals surface area contributed by atoms with Crippen molar-refractivity contribution in [3.63, 3.8) is 0 Å². The first-order chi connectivity index (χ1) is 7.99. The van der Waals surface area contributed by atoms with Gasteiger partial charge in [0.25, 0.3) is 0 Å². The standard InChI is InChI=1S/C12H16ClNO3/c1-3-7-4-8(11(15)9(13)5-7)6-10(14)12(16)17-2/h4-5,10,15H,3,6,14H2,1-2H3. The van der Waals surface area contributed by atoms with Crippen LogP contribution >= 0.6 is 11.6 Å². The van der Waals surface area contributed by atoms with Crippen LogP contribution in [0, 0.1) is 0 Å². The van der Waals surface area contributed by atoms with Crippen molar-refractivity contribution in [2.24, 2.45) is 5.73 Å². The van der Waals surface area contributed by atoms with E-state index in [2.05, 4.69) is 4.74 Å². The van der Waals surface area contributed by atoms with Gasteiger partial charge in [-0.3, -0.25) is 4.79 Å². The maximum Gasteiger partial charge on any atom is 0.322 e. The van der Waals surface area contributed by atoms with Crippen molar-refractivity contribution in [2.45, 2.75) is 25.8 Å². The minimum Gasteiger partial charge on any atom is -0.506 e. The van der Waals surface area contributed by atoms with Crippen molar-refractivity contribution >= 4 is 17.6 Å². The van der Waals surface area contributed by atoms with Gasteiger partial charge in [-0.25, -0.2) is 0 Å². The highest BCUT2D eigenvalue weighted by Crippen LogP contribution is 2.30. The first-order valence-corrected chi connectivity index (χ1v) is 5.71. The summed E-state index contributed by atoms with van der Waals surface area (Å²) < 4.78 is 4.53. The Kier molecular flexibility index (Phi) is 4.78. The fourth-order valence-corrected chi connectivity index (χ4v) is 1.81. The lowest BCUT2D eigenvalue weighted by molar-refractivity contribution is -0.142. The molecule has 0 amide bonds. The molecular formula is C12H16ClNO3. The van der Waals surface area contributed by atoms with Gasteiger partial charge < -0.3 is 15.6 Å². The van der Waals surface area contributed by atoms with E-state index in [1.54, 1.807) is 12.1 Å². The lowest BCUT2D eigenvalue weighted by Gasteiger charge is -2.12. The van der Waals surface area contributed by atoms with Crippen molar-refractivity contribution in [3.05, 3.63) is 28.3 Å². The molecule has 0 aliphatic carbocycles. The van der Waals surface area contributed by atoms with Crippen LogP contribution < -0.4 is 5.73 Å². The van der Waals surface area contributed by atoms with E-state index in [1.165, 1.54) is 7.11 Å². The van der Waals surface area contributed by atoms with E-state index in [1.807, 2.05) is 6.92 Å². The molecule has 0 radical (unpaired) electrons. The predicted octanol–water partition coefficient (Wildman–Crippen LogP) is 1.65. The van der Waals surface area contributed by atoms with Crippen LogP contribution in [-0.4, -0.2) is 24.2 Å². The number of carbonyl (C=O) groups excluding carboxylic acids is 1. The lowest BCUT2D eigenvalue weighted by Crippen LogP contribution is -2.33. The molecule has 0 heterocycles. The van der Waals surface area contributed by atoms with Gasteiger partial charge in [-0.05, 0) is 23.6 Å². The zero-order valence-electron chi connectivity index (χ0n) is 9.87. The highest BCUT2D eigenvalue weighted by Gasteiger charge is 2.17. The molecule has 3 N–H and O–H groups in total. The van der Waals surface area contributed by atoms with Gasteiger partial charge in [0.1, 0.15) is 11.8 Å². The van der Waals surface area contributed by atoms with Crippen LogP contribution in [0.1, 0.15) is 18.1 Å². The molecule has 0 aromatic heterocycles. The second kappa shape index (κ2) is 5.89. The Labute approximate surface area is 105 Å². The summed E-state index contributed by atoms with van der Waals surface area (Å²) in [7, 11) is 1.28. The molecule has 1 aromatic rings. The number of hydrogen-bond donors (Lipinski definition) is 2. The topological polar surface area (TPSA) is 72.5 Å². The number of aromatic hydroxyl groups is 1. The van der Waals surface area contributed by atoms with E-state index in [4.69, 9.17) is 17.3 Å². The molecule has 0 aliphatic heterocycles. The zero-order valence-corrected chi connectivity index (χ0v) is 10.6. The highest BCUT2D eigenvalue weighted by atomic mass is 35.5. The van der Waals surface area contributed by atoms with E-state index >= 15 is 0 Å². The van der Waals surface area contributed by atoms with E-state index < -0.39 is 12.0 Å². The number of phenolic OH excluding ortho intramolecular Hbond substituents is 1. The molecule has 0 saturated heterocycles. The van der Waals surface area contributed by atoms with E-state index in [0.29, 0.717) is 5.56 Å². The maximum atomic E-state index is 11.2. The molecular weight excluding hydrogens is 242 g/mol. The van der Waals surface area contributed by atoms with Crippen molar-refractivity contribution in [2.75, 3.05) is 7.11 Å². The summed E-state index contributed by atoms with van der Waals surface area (Å²) in [5, 5.41) is 10.1. The fraction of sp³-hybridized carbons (Fsp3) is 0.417. The van der Waals surface area contributed by atoms with Crippen LogP contribution in [0.25, 0.3) is 0 Å². The number of ether oxygens (including phenoxy) is 1. The lowest BCUT2D eigenvalue weighted by atomic mass is 10.0. The van der Waals surface area contributed by atoms with Gasteiger partial charge in [0.05, 0.1) is 12.1 Å².